The molecule has 0 spiro atoms. The zero-order valence-corrected chi connectivity index (χ0v) is 17.5. The summed E-state index contributed by atoms with van der Waals surface area (Å²) in [6.07, 6.45) is 0. The van der Waals surface area contributed by atoms with Crippen LogP contribution in [0, 0.1) is 0 Å². The highest BCUT2D eigenvalue weighted by atomic mass is 79.9. The van der Waals surface area contributed by atoms with Gasteiger partial charge >= 0.3 is 0 Å². The van der Waals surface area contributed by atoms with Gasteiger partial charge < -0.3 is 14.6 Å². The van der Waals surface area contributed by atoms with Crippen LogP contribution in [0.25, 0.3) is 0 Å². The summed E-state index contributed by atoms with van der Waals surface area (Å²) in [6, 6.07) is 14.6. The van der Waals surface area contributed by atoms with Gasteiger partial charge in [-0.2, -0.15) is 0 Å². The number of carbonyl (C=O) groups is 1. The van der Waals surface area contributed by atoms with Gasteiger partial charge in [0, 0.05) is 22.2 Å². The van der Waals surface area contributed by atoms with Crippen LogP contribution in [-0.4, -0.2) is 26.4 Å². The Hall–Kier alpha value is -2.03. The first-order valence-electron chi connectivity index (χ1n) is 7.96. The van der Waals surface area contributed by atoms with Crippen LogP contribution in [0.2, 0.25) is 5.02 Å². The lowest BCUT2D eigenvalue weighted by Gasteiger charge is -2.07. The Bertz CT molecular complexity index is 933. The Labute approximate surface area is 174 Å². The number of rotatable bonds is 7. The molecular formula is C18H16BrClN4O2S. The van der Waals surface area contributed by atoms with Gasteiger partial charge in [0.1, 0.15) is 12.4 Å². The van der Waals surface area contributed by atoms with Crippen molar-refractivity contribution in [3.63, 3.8) is 0 Å². The molecule has 1 heterocycles. The Kier molecular flexibility index (Phi) is 6.76. The van der Waals surface area contributed by atoms with Gasteiger partial charge in [-0.15, -0.1) is 10.2 Å². The van der Waals surface area contributed by atoms with Crippen molar-refractivity contribution in [2.24, 2.45) is 7.05 Å². The molecule has 6 nitrogen and oxygen atoms in total. The van der Waals surface area contributed by atoms with Crippen LogP contribution >= 0.6 is 39.3 Å². The second kappa shape index (κ2) is 9.25. The van der Waals surface area contributed by atoms with Gasteiger partial charge in [0.15, 0.2) is 11.0 Å². The van der Waals surface area contributed by atoms with E-state index in [2.05, 4.69) is 31.4 Å². The molecule has 0 fully saturated rings. The monoisotopic (exact) mass is 466 g/mol. The number of ether oxygens (including phenoxy) is 1. The number of aromatic nitrogens is 3. The van der Waals surface area contributed by atoms with Crippen LogP contribution in [0.3, 0.4) is 0 Å². The van der Waals surface area contributed by atoms with E-state index in [1.807, 2.05) is 35.9 Å². The van der Waals surface area contributed by atoms with Gasteiger partial charge in [-0.05, 0) is 42.5 Å². The normalized spacial score (nSPS) is 10.6. The molecule has 3 rings (SSSR count). The molecular weight excluding hydrogens is 452 g/mol. The molecule has 1 amide bonds. The number of carbonyl (C=O) groups excluding carboxylic acids is 1. The lowest BCUT2D eigenvalue weighted by molar-refractivity contribution is -0.113. The minimum atomic E-state index is -0.141. The molecule has 3 aromatic rings. The molecule has 0 unspecified atom stereocenters. The second-order valence-electron chi connectivity index (χ2n) is 5.55. The molecule has 0 aliphatic heterocycles. The summed E-state index contributed by atoms with van der Waals surface area (Å²) in [5, 5.41) is 12.3. The van der Waals surface area contributed by atoms with Crippen LogP contribution in [0.5, 0.6) is 5.75 Å². The Morgan fingerprint density at radius 1 is 1.26 bits per heavy atom. The number of benzene rings is 2. The minimum absolute atomic E-state index is 0.141. The highest BCUT2D eigenvalue weighted by Crippen LogP contribution is 2.20. The molecule has 0 aliphatic carbocycles. The van der Waals surface area contributed by atoms with Crippen LogP contribution < -0.4 is 10.1 Å². The molecule has 1 aromatic heterocycles. The fourth-order valence-corrected chi connectivity index (χ4v) is 3.35. The van der Waals surface area contributed by atoms with Gasteiger partial charge in [-0.3, -0.25) is 4.79 Å². The maximum atomic E-state index is 12.1. The quantitative estimate of drug-likeness (QED) is 0.517. The number of hydrogen-bond acceptors (Lipinski definition) is 5. The maximum Gasteiger partial charge on any atom is 0.234 e. The van der Waals surface area contributed by atoms with Crippen molar-refractivity contribution >= 4 is 50.9 Å². The van der Waals surface area contributed by atoms with Gasteiger partial charge in [0.25, 0.3) is 0 Å². The average molecular weight is 468 g/mol. The van der Waals surface area contributed by atoms with Crippen LogP contribution in [0.4, 0.5) is 5.69 Å². The molecule has 0 bridgehead atoms. The summed E-state index contributed by atoms with van der Waals surface area (Å²) >= 11 is 10.6. The van der Waals surface area contributed by atoms with E-state index in [-0.39, 0.29) is 11.7 Å². The Morgan fingerprint density at radius 3 is 2.78 bits per heavy atom. The van der Waals surface area contributed by atoms with E-state index in [0.717, 1.165) is 10.2 Å². The predicted molar refractivity (Wildman–Crippen MR) is 110 cm³/mol. The second-order valence-corrected chi connectivity index (χ2v) is 7.84. The first-order valence-corrected chi connectivity index (χ1v) is 10.1. The van der Waals surface area contributed by atoms with Crippen LogP contribution in [0.1, 0.15) is 5.82 Å². The summed E-state index contributed by atoms with van der Waals surface area (Å²) in [5.74, 6) is 1.50. The number of amides is 1. The van der Waals surface area contributed by atoms with Gasteiger partial charge in [0.2, 0.25) is 5.91 Å². The highest BCUT2D eigenvalue weighted by Gasteiger charge is 2.12. The lowest BCUT2D eigenvalue weighted by atomic mass is 10.3. The molecule has 0 aliphatic rings. The van der Waals surface area contributed by atoms with Crippen molar-refractivity contribution in [3.05, 3.63) is 63.9 Å². The minimum Gasteiger partial charge on any atom is -0.486 e. The summed E-state index contributed by atoms with van der Waals surface area (Å²) in [5.41, 5.74) is 0.662. The summed E-state index contributed by atoms with van der Waals surface area (Å²) in [4.78, 5) is 12.1. The zero-order valence-electron chi connectivity index (χ0n) is 14.4. The Balaban J connectivity index is 1.52. The molecule has 27 heavy (non-hydrogen) atoms. The fourth-order valence-electron chi connectivity index (χ4n) is 2.17. The maximum absolute atomic E-state index is 12.1. The number of halogens is 2. The summed E-state index contributed by atoms with van der Waals surface area (Å²) in [7, 11) is 1.84. The first kappa shape index (κ1) is 19.7. The molecule has 9 heteroatoms. The molecule has 0 radical (unpaired) electrons. The molecule has 2 aromatic carbocycles. The Morgan fingerprint density at radius 2 is 2.04 bits per heavy atom. The lowest BCUT2D eigenvalue weighted by Crippen LogP contribution is -2.14. The van der Waals surface area contributed by atoms with Crippen molar-refractivity contribution in [2.75, 3.05) is 11.1 Å². The van der Waals surface area contributed by atoms with Crippen molar-refractivity contribution in [1.29, 1.82) is 0 Å². The van der Waals surface area contributed by atoms with E-state index in [1.54, 1.807) is 24.3 Å². The van der Waals surface area contributed by atoms with Crippen molar-refractivity contribution < 1.29 is 9.53 Å². The molecule has 1 N–H and O–H groups in total. The SMILES string of the molecule is Cn1c(COc2ccc(Br)cc2)nnc1SCC(=O)Nc1cccc(Cl)c1. The molecule has 0 saturated heterocycles. The number of nitrogens with zero attached hydrogens (tertiary/aromatic N) is 3. The molecule has 0 atom stereocenters. The zero-order chi connectivity index (χ0) is 19.2. The number of thioether (sulfide) groups is 1. The van der Waals surface area contributed by atoms with Crippen LogP contribution in [0.15, 0.2) is 58.2 Å². The fraction of sp³-hybridized carbons (Fsp3) is 0.167. The standard InChI is InChI=1S/C18H16BrClN4O2S/c1-24-16(10-26-15-7-5-12(19)6-8-15)22-23-18(24)27-11-17(25)21-14-4-2-3-13(20)9-14/h2-9H,10-11H2,1H3,(H,21,25). The van der Waals surface area contributed by atoms with Crippen LogP contribution in [-0.2, 0) is 18.4 Å². The first-order chi connectivity index (χ1) is 13.0. The van der Waals surface area contributed by atoms with E-state index in [9.17, 15) is 4.79 Å². The van der Waals surface area contributed by atoms with E-state index in [4.69, 9.17) is 16.3 Å². The number of hydrogen-bond donors (Lipinski definition) is 1. The van der Waals surface area contributed by atoms with E-state index >= 15 is 0 Å². The number of anilines is 1. The van der Waals surface area contributed by atoms with Gasteiger partial charge in [0.05, 0.1) is 5.75 Å². The van der Waals surface area contributed by atoms with E-state index < -0.39 is 0 Å². The predicted octanol–water partition coefficient (Wildman–Crippen LogP) is 4.54. The third-order valence-electron chi connectivity index (χ3n) is 3.55. The largest absolute Gasteiger partial charge is 0.486 e. The topological polar surface area (TPSA) is 69.0 Å². The van der Waals surface area contributed by atoms with Crippen molar-refractivity contribution in [3.8, 4) is 5.75 Å². The van der Waals surface area contributed by atoms with Crippen molar-refractivity contribution in [2.45, 2.75) is 11.8 Å². The average Bonchev–Trinajstić information content (AvgIpc) is 2.99. The smallest absolute Gasteiger partial charge is 0.234 e. The van der Waals surface area contributed by atoms with E-state index in [1.165, 1.54) is 11.8 Å². The third kappa shape index (κ3) is 5.72. The third-order valence-corrected chi connectivity index (χ3v) is 5.33. The van der Waals surface area contributed by atoms with Crippen molar-refractivity contribution in [1.82, 2.24) is 14.8 Å². The van der Waals surface area contributed by atoms with Gasteiger partial charge in [-0.1, -0.05) is 45.4 Å². The highest BCUT2D eigenvalue weighted by molar-refractivity contribution is 9.10. The summed E-state index contributed by atoms with van der Waals surface area (Å²) < 4.78 is 8.52. The molecule has 0 saturated carbocycles. The number of nitrogens with one attached hydrogen (secondary N) is 1. The van der Waals surface area contributed by atoms with E-state index in [0.29, 0.717) is 28.3 Å². The summed E-state index contributed by atoms with van der Waals surface area (Å²) in [6.45, 7) is 0.292. The van der Waals surface area contributed by atoms with Gasteiger partial charge in [-0.25, -0.2) is 0 Å². The molecule has 140 valence electrons.